The van der Waals surface area contributed by atoms with Crippen molar-refractivity contribution in [2.24, 2.45) is 7.05 Å². The van der Waals surface area contributed by atoms with Crippen molar-refractivity contribution in [3.05, 3.63) is 41.7 Å². The maximum Gasteiger partial charge on any atom is 0.231 e. The zero-order valence-electron chi connectivity index (χ0n) is 14.9. The molecule has 0 radical (unpaired) electrons. The molecule has 6 heteroatoms. The SMILES string of the molecule is CCO[C@@H]1CCN(Cc2ccc3c(c2)OCO3)[C@@H]1Cc1cnn(C)c1. The second kappa shape index (κ2) is 7.06. The molecular formula is C19H25N3O3. The molecule has 2 aliphatic heterocycles. The Morgan fingerprint density at radius 3 is 2.92 bits per heavy atom. The van der Waals surface area contributed by atoms with Gasteiger partial charge in [0.25, 0.3) is 0 Å². The average Bonchev–Trinajstić information content (AvgIpc) is 3.31. The quantitative estimate of drug-likeness (QED) is 0.806. The highest BCUT2D eigenvalue weighted by atomic mass is 16.7. The van der Waals surface area contributed by atoms with Crippen LogP contribution in [0.1, 0.15) is 24.5 Å². The standard InChI is InChI=1S/C19H25N3O3/c1-3-23-17-6-7-22(16(17)8-15-10-20-21(2)11-15)12-14-4-5-18-19(9-14)25-13-24-18/h4-5,9-11,16-17H,3,6-8,12-13H2,1-2H3/t16-,17-/m1/s1. The lowest BCUT2D eigenvalue weighted by molar-refractivity contribution is 0.0331. The predicted octanol–water partition coefficient (Wildman–Crippen LogP) is 2.37. The minimum Gasteiger partial charge on any atom is -0.454 e. The summed E-state index contributed by atoms with van der Waals surface area (Å²) in [6, 6.07) is 6.60. The van der Waals surface area contributed by atoms with Gasteiger partial charge in [0.2, 0.25) is 6.79 Å². The van der Waals surface area contributed by atoms with E-state index >= 15 is 0 Å². The van der Waals surface area contributed by atoms with E-state index in [-0.39, 0.29) is 6.10 Å². The Hall–Kier alpha value is -2.05. The van der Waals surface area contributed by atoms with Gasteiger partial charge in [-0.3, -0.25) is 9.58 Å². The number of nitrogens with zero attached hydrogens (tertiary/aromatic N) is 3. The molecule has 1 saturated heterocycles. The van der Waals surface area contributed by atoms with E-state index in [1.165, 1.54) is 11.1 Å². The largest absolute Gasteiger partial charge is 0.454 e. The molecule has 2 aromatic rings. The summed E-state index contributed by atoms with van der Waals surface area (Å²) in [5, 5.41) is 4.30. The molecule has 2 atom stereocenters. The zero-order valence-corrected chi connectivity index (χ0v) is 14.9. The van der Waals surface area contributed by atoms with Crippen molar-refractivity contribution in [2.45, 2.75) is 38.5 Å². The van der Waals surface area contributed by atoms with E-state index in [2.05, 4.69) is 35.3 Å². The molecular weight excluding hydrogens is 318 g/mol. The molecule has 0 spiro atoms. The van der Waals surface area contributed by atoms with E-state index in [9.17, 15) is 0 Å². The summed E-state index contributed by atoms with van der Waals surface area (Å²) in [6.45, 7) is 5.08. The van der Waals surface area contributed by atoms with Crippen molar-refractivity contribution < 1.29 is 14.2 Å². The normalized spacial score (nSPS) is 22.6. The van der Waals surface area contributed by atoms with Crippen LogP contribution in [0.5, 0.6) is 11.5 Å². The van der Waals surface area contributed by atoms with E-state index in [1.807, 2.05) is 24.0 Å². The molecule has 134 valence electrons. The van der Waals surface area contributed by atoms with Crippen molar-refractivity contribution >= 4 is 0 Å². The molecule has 1 fully saturated rings. The molecule has 0 saturated carbocycles. The van der Waals surface area contributed by atoms with Crippen molar-refractivity contribution in [2.75, 3.05) is 19.9 Å². The summed E-state index contributed by atoms with van der Waals surface area (Å²) in [5.41, 5.74) is 2.51. The second-order valence-electron chi connectivity index (χ2n) is 6.73. The molecule has 4 rings (SSSR count). The lowest BCUT2D eigenvalue weighted by Crippen LogP contribution is -2.37. The van der Waals surface area contributed by atoms with Gasteiger partial charge in [-0.05, 0) is 43.0 Å². The number of hydrogen-bond donors (Lipinski definition) is 0. The van der Waals surface area contributed by atoms with Gasteiger partial charge in [0, 0.05) is 39.0 Å². The van der Waals surface area contributed by atoms with Crippen LogP contribution in [0.25, 0.3) is 0 Å². The number of aromatic nitrogens is 2. The monoisotopic (exact) mass is 343 g/mol. The molecule has 0 N–H and O–H groups in total. The van der Waals surface area contributed by atoms with E-state index < -0.39 is 0 Å². The van der Waals surface area contributed by atoms with Crippen LogP contribution >= 0.6 is 0 Å². The molecule has 0 bridgehead atoms. The molecule has 1 aromatic carbocycles. The Kier molecular flexibility index (Phi) is 4.63. The Labute approximate surface area is 148 Å². The lowest BCUT2D eigenvalue weighted by atomic mass is 10.0. The first-order chi connectivity index (χ1) is 12.2. The topological polar surface area (TPSA) is 48.8 Å². The average molecular weight is 343 g/mol. The van der Waals surface area contributed by atoms with E-state index in [0.29, 0.717) is 12.8 Å². The number of likely N-dealkylation sites (tertiary alicyclic amines) is 1. The van der Waals surface area contributed by atoms with Crippen molar-refractivity contribution in [1.82, 2.24) is 14.7 Å². The molecule has 6 nitrogen and oxygen atoms in total. The maximum atomic E-state index is 6.02. The first kappa shape index (κ1) is 16.4. The third kappa shape index (κ3) is 3.50. The fraction of sp³-hybridized carbons (Fsp3) is 0.526. The van der Waals surface area contributed by atoms with Gasteiger partial charge in [-0.2, -0.15) is 5.10 Å². The van der Waals surface area contributed by atoms with Gasteiger partial charge >= 0.3 is 0 Å². The number of fused-ring (bicyclic) bond motifs is 1. The smallest absolute Gasteiger partial charge is 0.231 e. The third-order valence-corrected chi connectivity index (χ3v) is 5.01. The highest BCUT2D eigenvalue weighted by Gasteiger charge is 2.35. The summed E-state index contributed by atoms with van der Waals surface area (Å²) in [6.07, 6.45) is 6.37. The van der Waals surface area contributed by atoms with Crippen LogP contribution < -0.4 is 9.47 Å². The molecule has 0 unspecified atom stereocenters. The summed E-state index contributed by atoms with van der Waals surface area (Å²) in [4.78, 5) is 2.52. The van der Waals surface area contributed by atoms with Gasteiger partial charge in [-0.1, -0.05) is 6.07 Å². The Balaban J connectivity index is 1.50. The Bertz CT molecular complexity index is 730. The van der Waals surface area contributed by atoms with E-state index in [1.54, 1.807) is 0 Å². The summed E-state index contributed by atoms with van der Waals surface area (Å²) < 4.78 is 18.8. The van der Waals surface area contributed by atoms with Gasteiger partial charge in [0.1, 0.15) is 0 Å². The lowest BCUT2D eigenvalue weighted by Gasteiger charge is -2.28. The molecule has 0 aliphatic carbocycles. The van der Waals surface area contributed by atoms with Crippen LogP contribution in [0.15, 0.2) is 30.6 Å². The fourth-order valence-corrected chi connectivity index (χ4v) is 3.84. The van der Waals surface area contributed by atoms with Gasteiger partial charge in [-0.15, -0.1) is 0 Å². The number of benzene rings is 1. The fourth-order valence-electron chi connectivity index (χ4n) is 3.84. The Morgan fingerprint density at radius 2 is 2.12 bits per heavy atom. The molecule has 3 heterocycles. The molecule has 1 aromatic heterocycles. The number of aryl methyl sites for hydroxylation is 1. The summed E-state index contributed by atoms with van der Waals surface area (Å²) in [5.74, 6) is 1.69. The van der Waals surface area contributed by atoms with Crippen LogP contribution in [0.3, 0.4) is 0 Å². The zero-order chi connectivity index (χ0) is 17.2. The van der Waals surface area contributed by atoms with Gasteiger partial charge in [0.05, 0.1) is 12.3 Å². The van der Waals surface area contributed by atoms with Crippen molar-refractivity contribution in [3.8, 4) is 11.5 Å². The van der Waals surface area contributed by atoms with E-state index in [0.717, 1.165) is 44.0 Å². The first-order valence-corrected chi connectivity index (χ1v) is 8.94. The summed E-state index contributed by atoms with van der Waals surface area (Å²) >= 11 is 0. The van der Waals surface area contributed by atoms with Gasteiger partial charge in [-0.25, -0.2) is 0 Å². The van der Waals surface area contributed by atoms with Crippen LogP contribution in [0.2, 0.25) is 0 Å². The minimum atomic E-state index is 0.277. The van der Waals surface area contributed by atoms with Crippen molar-refractivity contribution in [1.29, 1.82) is 0 Å². The summed E-state index contributed by atoms with van der Waals surface area (Å²) in [7, 11) is 1.96. The van der Waals surface area contributed by atoms with Crippen LogP contribution in [0, 0.1) is 0 Å². The van der Waals surface area contributed by atoms with Crippen molar-refractivity contribution in [3.63, 3.8) is 0 Å². The van der Waals surface area contributed by atoms with Crippen LogP contribution in [0.4, 0.5) is 0 Å². The maximum absolute atomic E-state index is 6.02. The minimum absolute atomic E-state index is 0.277. The van der Waals surface area contributed by atoms with E-state index in [4.69, 9.17) is 14.2 Å². The highest BCUT2D eigenvalue weighted by molar-refractivity contribution is 5.44. The Morgan fingerprint density at radius 1 is 1.24 bits per heavy atom. The van der Waals surface area contributed by atoms with Gasteiger partial charge < -0.3 is 14.2 Å². The van der Waals surface area contributed by atoms with Crippen LogP contribution in [-0.4, -0.2) is 46.8 Å². The predicted molar refractivity (Wildman–Crippen MR) is 93.7 cm³/mol. The third-order valence-electron chi connectivity index (χ3n) is 5.01. The number of ether oxygens (including phenoxy) is 3. The second-order valence-corrected chi connectivity index (χ2v) is 6.73. The number of hydrogen-bond acceptors (Lipinski definition) is 5. The molecule has 0 amide bonds. The van der Waals surface area contributed by atoms with Crippen LogP contribution in [-0.2, 0) is 24.8 Å². The molecule has 2 aliphatic rings. The van der Waals surface area contributed by atoms with Gasteiger partial charge in [0.15, 0.2) is 11.5 Å². The number of rotatable bonds is 6. The highest BCUT2D eigenvalue weighted by Crippen LogP contribution is 2.34. The first-order valence-electron chi connectivity index (χ1n) is 8.94. The molecule has 25 heavy (non-hydrogen) atoms.